The number of hydrogen-bond acceptors (Lipinski definition) is 4. The number of anilines is 1. The van der Waals surface area contributed by atoms with Gasteiger partial charge >= 0.3 is 0 Å². The van der Waals surface area contributed by atoms with E-state index in [-0.39, 0.29) is 12.8 Å². The molecule has 0 radical (unpaired) electrons. The number of aromatic nitrogens is 3. The van der Waals surface area contributed by atoms with E-state index >= 15 is 0 Å². The zero-order chi connectivity index (χ0) is 23.6. The number of hydrogen-bond donors (Lipinski definition) is 1. The lowest BCUT2D eigenvalue weighted by Gasteiger charge is -2.17. The van der Waals surface area contributed by atoms with Gasteiger partial charge in [0.05, 0.1) is 24.1 Å². The number of halogens is 3. The smallest absolute Gasteiger partial charge is 0.265 e. The molecule has 1 fully saturated rings. The summed E-state index contributed by atoms with van der Waals surface area (Å²) in [7, 11) is 0. The van der Waals surface area contributed by atoms with Crippen LogP contribution >= 0.6 is 0 Å². The van der Waals surface area contributed by atoms with E-state index < -0.39 is 17.6 Å². The molecule has 2 heterocycles. The average Bonchev–Trinajstić information content (AvgIpc) is 3.54. The van der Waals surface area contributed by atoms with Gasteiger partial charge in [-0.2, -0.15) is 5.10 Å². The predicted octanol–water partition coefficient (Wildman–Crippen LogP) is 4.93. The maximum absolute atomic E-state index is 14.6. The van der Waals surface area contributed by atoms with Crippen molar-refractivity contribution >= 4 is 17.7 Å². The van der Waals surface area contributed by atoms with Crippen molar-refractivity contribution in [3.8, 4) is 11.1 Å². The molecule has 1 aliphatic carbocycles. The van der Waals surface area contributed by atoms with Gasteiger partial charge in [-0.1, -0.05) is 19.1 Å². The molecule has 2 aromatic heterocycles. The zero-order valence-electron chi connectivity index (χ0n) is 18.1. The summed E-state index contributed by atoms with van der Waals surface area (Å²) in [5.74, 6) is 2.04. The van der Waals surface area contributed by atoms with E-state index in [1.165, 1.54) is 49.5 Å². The first-order valence-electron chi connectivity index (χ1n) is 10.7. The molecule has 0 atom stereocenters. The van der Waals surface area contributed by atoms with Gasteiger partial charge in [-0.05, 0) is 36.6 Å². The highest BCUT2D eigenvalue weighted by Gasteiger charge is 2.27. The number of carbonyl (C=O) groups excluding carboxylic acids is 1. The van der Waals surface area contributed by atoms with Crippen molar-refractivity contribution in [2.45, 2.75) is 44.6 Å². The summed E-state index contributed by atoms with van der Waals surface area (Å²) in [6, 6.07) is 6.40. The number of benzene rings is 1. The second-order valence-corrected chi connectivity index (χ2v) is 8.12. The molecule has 0 bridgehead atoms. The number of rotatable bonds is 8. The summed E-state index contributed by atoms with van der Waals surface area (Å²) in [4.78, 5) is 16.5. The lowest BCUT2D eigenvalue weighted by atomic mass is 10.0. The fraction of sp³-hybridized carbons (Fsp3) is 0.292. The topological polar surface area (TPSA) is 77.0 Å². The van der Waals surface area contributed by atoms with Crippen molar-refractivity contribution in [3.05, 3.63) is 72.1 Å². The summed E-state index contributed by atoms with van der Waals surface area (Å²) in [6.07, 6.45) is 10.1. The van der Waals surface area contributed by atoms with Gasteiger partial charge in [0.15, 0.2) is 0 Å². The number of pyridine rings is 1. The van der Waals surface area contributed by atoms with Crippen LogP contribution in [0.15, 0.2) is 55.1 Å². The lowest BCUT2D eigenvalue weighted by molar-refractivity contribution is -0.114. The molecular formula is C24H24F3N5O. The molecule has 4 rings (SSSR count). The van der Waals surface area contributed by atoms with Crippen LogP contribution in [0.4, 0.5) is 18.9 Å². The van der Waals surface area contributed by atoms with Crippen molar-refractivity contribution in [1.82, 2.24) is 14.8 Å². The molecule has 9 heteroatoms. The predicted molar refractivity (Wildman–Crippen MR) is 120 cm³/mol. The fourth-order valence-corrected chi connectivity index (χ4v) is 3.45. The van der Waals surface area contributed by atoms with Crippen LogP contribution in [0.3, 0.4) is 0 Å². The minimum absolute atomic E-state index is 0.251. The molecule has 0 aliphatic heterocycles. The molecule has 3 aromatic rings. The Morgan fingerprint density at radius 2 is 1.97 bits per heavy atom. The molecule has 0 unspecified atom stereocenters. The SMILES string of the molecule is CCC(F)(F)Cc1ccc(N(N)C(=O)/C=C/c2cncc(F)c2-c2cnn(C3CC3)c2)cc1. The van der Waals surface area contributed by atoms with Crippen LogP contribution in [0.2, 0.25) is 0 Å². The Morgan fingerprint density at radius 1 is 1.24 bits per heavy atom. The second kappa shape index (κ2) is 9.19. The van der Waals surface area contributed by atoms with E-state index in [4.69, 9.17) is 5.84 Å². The highest BCUT2D eigenvalue weighted by atomic mass is 19.3. The van der Waals surface area contributed by atoms with Crippen molar-refractivity contribution in [2.75, 3.05) is 5.01 Å². The number of hydrazine groups is 1. The minimum atomic E-state index is -2.78. The van der Waals surface area contributed by atoms with E-state index in [0.29, 0.717) is 34.0 Å². The summed E-state index contributed by atoms with van der Waals surface area (Å²) < 4.78 is 43.6. The van der Waals surface area contributed by atoms with Gasteiger partial charge < -0.3 is 0 Å². The maximum atomic E-state index is 14.6. The van der Waals surface area contributed by atoms with Crippen LogP contribution in [0.25, 0.3) is 17.2 Å². The molecule has 1 aliphatic rings. The number of nitrogens with two attached hydrogens (primary N) is 1. The summed E-state index contributed by atoms with van der Waals surface area (Å²) in [5.41, 5.74) is 2.09. The van der Waals surface area contributed by atoms with Crippen molar-refractivity contribution in [3.63, 3.8) is 0 Å². The van der Waals surface area contributed by atoms with Crippen molar-refractivity contribution in [1.29, 1.82) is 0 Å². The monoisotopic (exact) mass is 455 g/mol. The summed E-state index contributed by atoms with van der Waals surface area (Å²) in [5, 5.41) is 5.20. The first kappa shape index (κ1) is 22.7. The van der Waals surface area contributed by atoms with Gasteiger partial charge in [-0.25, -0.2) is 24.0 Å². The molecule has 2 N–H and O–H groups in total. The van der Waals surface area contributed by atoms with Gasteiger partial charge in [0, 0.05) is 48.0 Å². The number of carbonyl (C=O) groups is 1. The Morgan fingerprint density at radius 3 is 2.64 bits per heavy atom. The number of amides is 1. The zero-order valence-corrected chi connectivity index (χ0v) is 18.1. The summed E-state index contributed by atoms with van der Waals surface area (Å²) in [6.45, 7) is 1.43. The number of alkyl halides is 2. The van der Waals surface area contributed by atoms with Gasteiger partial charge in [0.1, 0.15) is 5.82 Å². The first-order chi connectivity index (χ1) is 15.8. The molecule has 0 saturated heterocycles. The summed E-state index contributed by atoms with van der Waals surface area (Å²) >= 11 is 0. The Labute approximate surface area is 189 Å². The highest BCUT2D eigenvalue weighted by molar-refractivity contribution is 6.03. The number of nitrogens with zero attached hydrogens (tertiary/aromatic N) is 4. The molecular weight excluding hydrogens is 431 g/mol. The maximum Gasteiger partial charge on any atom is 0.265 e. The van der Waals surface area contributed by atoms with Gasteiger partial charge in [-0.3, -0.25) is 14.5 Å². The van der Waals surface area contributed by atoms with Crippen LogP contribution in [0.1, 0.15) is 43.4 Å². The standard InChI is InChI=1S/C24H24F3N5O/c1-2-24(26,27)11-16-3-6-20(7-4-16)32(28)22(33)10-5-17-12-29-14-21(25)23(17)18-13-30-31(15-18)19-8-9-19/h3-7,10,12-15,19H,2,8-9,11,28H2,1H3/b10-5+. The van der Waals surface area contributed by atoms with Crippen molar-refractivity contribution in [2.24, 2.45) is 5.84 Å². The van der Waals surface area contributed by atoms with Crippen LogP contribution in [-0.4, -0.2) is 26.6 Å². The highest BCUT2D eigenvalue weighted by Crippen LogP contribution is 2.36. The molecule has 172 valence electrons. The Hall–Kier alpha value is -3.46. The third-order valence-electron chi connectivity index (χ3n) is 5.58. The molecule has 1 amide bonds. The first-order valence-corrected chi connectivity index (χ1v) is 10.7. The van der Waals surface area contributed by atoms with Crippen LogP contribution < -0.4 is 10.9 Å². The van der Waals surface area contributed by atoms with Crippen LogP contribution in [-0.2, 0) is 11.2 Å². The Balaban J connectivity index is 1.50. The molecule has 33 heavy (non-hydrogen) atoms. The third-order valence-corrected chi connectivity index (χ3v) is 5.58. The van der Waals surface area contributed by atoms with Crippen LogP contribution in [0.5, 0.6) is 0 Å². The lowest BCUT2D eigenvalue weighted by Crippen LogP contribution is -2.36. The Bertz CT molecular complexity index is 1170. The van der Waals surface area contributed by atoms with Gasteiger partial charge in [0.2, 0.25) is 0 Å². The molecule has 1 aromatic carbocycles. The molecule has 0 spiro atoms. The van der Waals surface area contributed by atoms with E-state index in [0.717, 1.165) is 24.0 Å². The van der Waals surface area contributed by atoms with Crippen LogP contribution in [0, 0.1) is 5.82 Å². The van der Waals surface area contributed by atoms with E-state index in [2.05, 4.69) is 10.1 Å². The second-order valence-electron chi connectivity index (χ2n) is 8.12. The molecule has 1 saturated carbocycles. The average molecular weight is 455 g/mol. The largest absolute Gasteiger partial charge is 0.269 e. The van der Waals surface area contributed by atoms with Gasteiger partial charge in [0.25, 0.3) is 11.8 Å². The normalized spacial score (nSPS) is 14.1. The van der Waals surface area contributed by atoms with E-state index in [1.54, 1.807) is 12.4 Å². The van der Waals surface area contributed by atoms with Crippen molar-refractivity contribution < 1.29 is 18.0 Å². The fourth-order valence-electron chi connectivity index (χ4n) is 3.45. The molecule has 6 nitrogen and oxygen atoms in total. The van der Waals surface area contributed by atoms with E-state index in [9.17, 15) is 18.0 Å². The Kier molecular flexibility index (Phi) is 6.33. The minimum Gasteiger partial charge on any atom is -0.269 e. The quantitative estimate of drug-likeness (QED) is 0.226. The van der Waals surface area contributed by atoms with E-state index in [1.807, 2.05) is 4.68 Å². The van der Waals surface area contributed by atoms with Gasteiger partial charge in [-0.15, -0.1) is 0 Å². The third kappa shape index (κ3) is 5.31.